The monoisotopic (exact) mass is 394 g/mol. The van der Waals surface area contributed by atoms with Crippen LogP contribution < -0.4 is 5.32 Å². The summed E-state index contributed by atoms with van der Waals surface area (Å²) in [5.41, 5.74) is 1.04. The molecule has 0 saturated carbocycles. The molecule has 0 radical (unpaired) electrons. The van der Waals surface area contributed by atoms with Crippen molar-refractivity contribution in [1.82, 2.24) is 14.9 Å². The van der Waals surface area contributed by atoms with Crippen molar-refractivity contribution >= 4 is 23.2 Å². The Labute approximate surface area is 161 Å². The maximum Gasteiger partial charge on any atom is 0.264 e. The van der Waals surface area contributed by atoms with Crippen LogP contribution in [0.15, 0.2) is 30.5 Å². The second kappa shape index (κ2) is 8.04. The Balaban J connectivity index is 1.46. The van der Waals surface area contributed by atoms with Crippen molar-refractivity contribution in [3.8, 4) is 0 Å². The third-order valence-electron chi connectivity index (χ3n) is 5.25. The van der Waals surface area contributed by atoms with Crippen LogP contribution in [0.2, 0.25) is 5.15 Å². The van der Waals surface area contributed by atoms with Gasteiger partial charge in [0.1, 0.15) is 16.8 Å². The van der Waals surface area contributed by atoms with Crippen molar-refractivity contribution in [3.05, 3.63) is 46.7 Å². The van der Waals surface area contributed by atoms with Crippen molar-refractivity contribution in [1.29, 1.82) is 0 Å². The molecule has 8 heteroatoms. The predicted octanol–water partition coefficient (Wildman–Crippen LogP) is 4.39. The van der Waals surface area contributed by atoms with E-state index in [9.17, 15) is 8.78 Å². The van der Waals surface area contributed by atoms with Gasteiger partial charge in [-0.2, -0.15) is 0 Å². The first-order valence-electron chi connectivity index (χ1n) is 9.09. The first kappa shape index (κ1) is 18.5. The predicted molar refractivity (Wildman–Crippen MR) is 99.9 cm³/mol. The van der Waals surface area contributed by atoms with Gasteiger partial charge in [-0.05, 0) is 61.7 Å². The zero-order valence-electron chi connectivity index (χ0n) is 14.7. The largest absolute Gasteiger partial charge is 0.378 e. The fourth-order valence-electron chi connectivity index (χ4n) is 3.63. The molecule has 0 bridgehead atoms. The molecule has 0 aliphatic carbocycles. The number of ether oxygens (including phenoxy) is 1. The Morgan fingerprint density at radius 3 is 2.59 bits per heavy atom. The second-order valence-corrected chi connectivity index (χ2v) is 7.40. The highest BCUT2D eigenvalue weighted by Crippen LogP contribution is 2.32. The highest BCUT2D eigenvalue weighted by molar-refractivity contribution is 6.29. The molecule has 2 aromatic rings. The number of rotatable bonds is 5. The summed E-state index contributed by atoms with van der Waals surface area (Å²) in [4.78, 5) is 10.8. The van der Waals surface area contributed by atoms with Crippen molar-refractivity contribution < 1.29 is 13.5 Å². The first-order chi connectivity index (χ1) is 13.1. The van der Waals surface area contributed by atoms with Gasteiger partial charge >= 0.3 is 0 Å². The van der Waals surface area contributed by atoms with E-state index < -0.39 is 6.43 Å². The molecule has 2 fully saturated rings. The highest BCUT2D eigenvalue weighted by atomic mass is 35.5. The lowest BCUT2D eigenvalue weighted by Gasteiger charge is -2.41. The van der Waals surface area contributed by atoms with Crippen LogP contribution in [-0.4, -0.2) is 47.2 Å². The van der Waals surface area contributed by atoms with Gasteiger partial charge in [-0.1, -0.05) is 11.6 Å². The van der Waals surface area contributed by atoms with E-state index in [4.69, 9.17) is 16.3 Å². The van der Waals surface area contributed by atoms with Gasteiger partial charge in [0.15, 0.2) is 0 Å². The fourth-order valence-corrected chi connectivity index (χ4v) is 3.85. The van der Waals surface area contributed by atoms with Crippen LogP contribution in [0.1, 0.15) is 36.3 Å². The summed E-state index contributed by atoms with van der Waals surface area (Å²) >= 11 is 6.21. The third kappa shape index (κ3) is 4.36. The summed E-state index contributed by atoms with van der Waals surface area (Å²) in [7, 11) is 0. The van der Waals surface area contributed by atoms with E-state index >= 15 is 0 Å². The molecule has 2 aliphatic rings. The molecule has 5 nitrogen and oxygen atoms in total. The van der Waals surface area contributed by atoms with Crippen molar-refractivity contribution in [2.45, 2.75) is 31.2 Å². The number of hydrogen-bond acceptors (Lipinski definition) is 5. The molecule has 0 atom stereocenters. The minimum atomic E-state index is -2.54. The van der Waals surface area contributed by atoms with Gasteiger partial charge in [0.25, 0.3) is 6.43 Å². The molecule has 4 rings (SSSR count). The van der Waals surface area contributed by atoms with Crippen LogP contribution in [0.25, 0.3) is 0 Å². The zero-order chi connectivity index (χ0) is 18.8. The summed E-state index contributed by atoms with van der Waals surface area (Å²) in [6.07, 6.45) is 0.919. The molecule has 4 heterocycles. The molecule has 1 N–H and O–H groups in total. The topological polar surface area (TPSA) is 50.3 Å². The van der Waals surface area contributed by atoms with Crippen molar-refractivity contribution in [2.24, 2.45) is 0 Å². The SMILES string of the molecule is FC(F)c1ccnc(Nc2cc(C3CCN(C4COC4)CC3)cc(Cl)n2)c1. The average Bonchev–Trinajstić information content (AvgIpc) is 2.60. The van der Waals surface area contributed by atoms with Crippen molar-refractivity contribution in [2.75, 3.05) is 31.6 Å². The van der Waals surface area contributed by atoms with Gasteiger partial charge in [-0.3, -0.25) is 4.90 Å². The average molecular weight is 395 g/mol. The van der Waals surface area contributed by atoms with Crippen molar-refractivity contribution in [3.63, 3.8) is 0 Å². The highest BCUT2D eigenvalue weighted by Gasteiger charge is 2.30. The summed E-state index contributed by atoms with van der Waals surface area (Å²) in [6, 6.07) is 7.02. The normalized spacial score (nSPS) is 19.3. The summed E-state index contributed by atoms with van der Waals surface area (Å²) < 4.78 is 31.0. The Hall–Kier alpha value is -1.83. The Bertz CT molecular complexity index is 795. The van der Waals surface area contributed by atoms with Gasteiger partial charge in [-0.25, -0.2) is 18.7 Å². The molecule has 0 amide bonds. The second-order valence-electron chi connectivity index (χ2n) is 7.01. The minimum Gasteiger partial charge on any atom is -0.378 e. The number of piperidine rings is 1. The minimum absolute atomic E-state index is 0.0814. The molecule has 2 aromatic heterocycles. The maximum atomic E-state index is 12.9. The number of alkyl halides is 2. The van der Waals surface area contributed by atoms with Gasteiger partial charge in [0.05, 0.1) is 19.3 Å². The van der Waals surface area contributed by atoms with Gasteiger partial charge in [0.2, 0.25) is 0 Å². The molecule has 144 valence electrons. The van der Waals surface area contributed by atoms with E-state index in [0.29, 0.717) is 28.7 Å². The number of likely N-dealkylation sites (tertiary alicyclic amines) is 1. The van der Waals surface area contributed by atoms with E-state index in [1.807, 2.05) is 12.1 Å². The van der Waals surface area contributed by atoms with Crippen LogP contribution in [0.5, 0.6) is 0 Å². The van der Waals surface area contributed by atoms with Crippen LogP contribution in [0.3, 0.4) is 0 Å². The Kier molecular flexibility index (Phi) is 5.52. The summed E-state index contributed by atoms with van der Waals surface area (Å²) in [5.74, 6) is 1.25. The van der Waals surface area contributed by atoms with Gasteiger partial charge in [0, 0.05) is 11.8 Å². The van der Waals surface area contributed by atoms with E-state index in [2.05, 4.69) is 20.2 Å². The quantitative estimate of drug-likeness (QED) is 0.762. The Morgan fingerprint density at radius 2 is 1.93 bits per heavy atom. The van der Waals surface area contributed by atoms with Crippen LogP contribution in [-0.2, 0) is 4.74 Å². The molecule has 0 spiro atoms. The lowest BCUT2D eigenvalue weighted by Crippen LogP contribution is -2.51. The number of pyridine rings is 2. The smallest absolute Gasteiger partial charge is 0.264 e. The molecular formula is C19H21ClF2N4O. The van der Waals surface area contributed by atoms with Crippen LogP contribution >= 0.6 is 11.6 Å². The fraction of sp³-hybridized carbons (Fsp3) is 0.474. The molecular weight excluding hydrogens is 374 g/mol. The van der Waals surface area contributed by atoms with Gasteiger partial charge < -0.3 is 10.1 Å². The molecule has 0 aromatic carbocycles. The maximum absolute atomic E-state index is 12.9. The first-order valence-corrected chi connectivity index (χ1v) is 9.46. The molecule has 2 aliphatic heterocycles. The Morgan fingerprint density at radius 1 is 1.15 bits per heavy atom. The number of aromatic nitrogens is 2. The summed E-state index contributed by atoms with van der Waals surface area (Å²) in [5, 5.41) is 3.38. The van der Waals surface area contributed by atoms with Crippen LogP contribution in [0, 0.1) is 0 Å². The zero-order valence-corrected chi connectivity index (χ0v) is 15.5. The van der Waals surface area contributed by atoms with Crippen LogP contribution in [0.4, 0.5) is 20.4 Å². The van der Waals surface area contributed by atoms with E-state index in [0.717, 1.165) is 44.7 Å². The third-order valence-corrected chi connectivity index (χ3v) is 5.44. The molecule has 2 saturated heterocycles. The standard InChI is InChI=1S/C19H21ClF2N4O/c20-16-7-14(12-2-5-26(6-3-12)15-10-27-11-15)9-18(24-16)25-17-8-13(19(21)22)1-4-23-17/h1,4,7-9,12,15,19H,2-3,5-6,10-11H2,(H,23,24,25). The van der Waals surface area contributed by atoms with E-state index in [-0.39, 0.29) is 5.56 Å². The van der Waals surface area contributed by atoms with E-state index in [1.54, 1.807) is 0 Å². The molecule has 0 unspecified atom stereocenters. The summed E-state index contributed by atoms with van der Waals surface area (Å²) in [6.45, 7) is 3.76. The van der Waals surface area contributed by atoms with E-state index in [1.165, 1.54) is 18.3 Å². The number of halogens is 3. The van der Waals surface area contributed by atoms with Gasteiger partial charge in [-0.15, -0.1) is 0 Å². The number of nitrogens with zero attached hydrogens (tertiary/aromatic N) is 3. The number of anilines is 2. The number of nitrogens with one attached hydrogen (secondary N) is 1. The lowest BCUT2D eigenvalue weighted by molar-refractivity contribution is -0.0712. The molecule has 27 heavy (non-hydrogen) atoms. The number of hydrogen-bond donors (Lipinski definition) is 1. The lowest BCUT2D eigenvalue weighted by atomic mass is 9.89.